The number of ether oxygens (including phenoxy) is 2. The predicted molar refractivity (Wildman–Crippen MR) is 76.7 cm³/mol. The minimum atomic E-state index is -1.44. The summed E-state index contributed by atoms with van der Waals surface area (Å²) in [7, 11) is 1.49. The van der Waals surface area contributed by atoms with Gasteiger partial charge < -0.3 is 19.7 Å². The number of carboxylic acids is 2. The lowest BCUT2D eigenvalue weighted by Crippen LogP contribution is -2.38. The van der Waals surface area contributed by atoms with Crippen LogP contribution < -0.4 is 9.47 Å². The molecule has 0 bridgehead atoms. The number of carboxylic acid groups (broad SMARTS) is 2. The van der Waals surface area contributed by atoms with Crippen LogP contribution >= 0.6 is 0 Å². The summed E-state index contributed by atoms with van der Waals surface area (Å²) in [6, 6.07) is 3.22. The molecule has 0 fully saturated rings. The van der Waals surface area contributed by atoms with Gasteiger partial charge in [-0.3, -0.25) is 0 Å². The number of carbonyl (C=O) groups is 2. The topological polar surface area (TPSA) is 93.1 Å². The van der Waals surface area contributed by atoms with Crippen LogP contribution in [0.4, 0.5) is 0 Å². The van der Waals surface area contributed by atoms with Crippen molar-refractivity contribution in [3.63, 3.8) is 0 Å². The molecule has 6 heteroatoms. The number of rotatable bonds is 6. The highest BCUT2D eigenvalue weighted by Crippen LogP contribution is 2.31. The fourth-order valence-electron chi connectivity index (χ4n) is 1.60. The maximum atomic E-state index is 11.1. The zero-order chi connectivity index (χ0) is 16.2. The van der Waals surface area contributed by atoms with E-state index in [1.54, 1.807) is 19.1 Å². The van der Waals surface area contributed by atoms with Crippen LogP contribution in [0.5, 0.6) is 11.5 Å². The smallest absolute Gasteiger partial charge is 0.347 e. The highest BCUT2D eigenvalue weighted by molar-refractivity contribution is 5.86. The zero-order valence-corrected chi connectivity index (χ0v) is 12.3. The van der Waals surface area contributed by atoms with Crippen LogP contribution in [0.25, 0.3) is 6.08 Å². The van der Waals surface area contributed by atoms with Gasteiger partial charge in [-0.25, -0.2) is 9.59 Å². The average molecular weight is 294 g/mol. The Hall–Kier alpha value is -2.50. The van der Waals surface area contributed by atoms with E-state index in [1.807, 2.05) is 0 Å². The van der Waals surface area contributed by atoms with Gasteiger partial charge in [-0.2, -0.15) is 0 Å². The SMILES string of the molecule is COc1cc(/C=C/C(=O)O)c(OC(C)(C)C(=O)O)cc1C. The molecule has 1 rings (SSSR count). The number of aliphatic carboxylic acids is 2. The maximum Gasteiger partial charge on any atom is 0.347 e. The van der Waals surface area contributed by atoms with Gasteiger partial charge in [0.05, 0.1) is 7.11 Å². The first kappa shape index (κ1) is 16.6. The van der Waals surface area contributed by atoms with Crippen molar-refractivity contribution in [3.8, 4) is 11.5 Å². The van der Waals surface area contributed by atoms with Crippen LogP contribution in [-0.4, -0.2) is 34.9 Å². The Balaban J connectivity index is 3.31. The van der Waals surface area contributed by atoms with Crippen LogP contribution in [0.3, 0.4) is 0 Å². The van der Waals surface area contributed by atoms with Gasteiger partial charge in [0.25, 0.3) is 0 Å². The summed E-state index contributed by atoms with van der Waals surface area (Å²) in [6.45, 7) is 4.61. The van der Waals surface area contributed by atoms with E-state index < -0.39 is 17.5 Å². The van der Waals surface area contributed by atoms with Crippen LogP contribution in [0.15, 0.2) is 18.2 Å². The third kappa shape index (κ3) is 4.24. The van der Waals surface area contributed by atoms with E-state index in [0.29, 0.717) is 11.3 Å². The van der Waals surface area contributed by atoms with Crippen molar-refractivity contribution in [1.82, 2.24) is 0 Å². The van der Waals surface area contributed by atoms with Crippen molar-refractivity contribution in [1.29, 1.82) is 0 Å². The van der Waals surface area contributed by atoms with E-state index in [2.05, 4.69) is 0 Å². The lowest BCUT2D eigenvalue weighted by molar-refractivity contribution is -0.152. The zero-order valence-electron chi connectivity index (χ0n) is 12.3. The molecule has 0 aromatic heterocycles. The first-order valence-electron chi connectivity index (χ1n) is 6.19. The summed E-state index contributed by atoms with van der Waals surface area (Å²) in [5, 5.41) is 17.8. The summed E-state index contributed by atoms with van der Waals surface area (Å²) in [5.74, 6) is -1.40. The molecule has 0 aliphatic rings. The monoisotopic (exact) mass is 294 g/mol. The van der Waals surface area contributed by atoms with E-state index in [-0.39, 0.29) is 5.75 Å². The Morgan fingerprint density at radius 2 is 1.81 bits per heavy atom. The lowest BCUT2D eigenvalue weighted by Gasteiger charge is -2.23. The largest absolute Gasteiger partial charge is 0.496 e. The first-order chi connectivity index (χ1) is 9.67. The second kappa shape index (κ2) is 6.30. The maximum absolute atomic E-state index is 11.1. The molecule has 0 aliphatic heterocycles. The summed E-state index contributed by atoms with van der Waals surface area (Å²) >= 11 is 0. The molecule has 1 aromatic carbocycles. The number of hydrogen-bond acceptors (Lipinski definition) is 4. The molecule has 2 N–H and O–H groups in total. The first-order valence-corrected chi connectivity index (χ1v) is 6.19. The molecule has 6 nitrogen and oxygen atoms in total. The van der Waals surface area contributed by atoms with Crippen molar-refractivity contribution in [3.05, 3.63) is 29.3 Å². The third-order valence-corrected chi connectivity index (χ3v) is 2.81. The molecule has 0 saturated carbocycles. The third-order valence-electron chi connectivity index (χ3n) is 2.81. The summed E-state index contributed by atoms with van der Waals surface area (Å²) < 4.78 is 10.7. The van der Waals surface area contributed by atoms with Gasteiger partial charge >= 0.3 is 11.9 Å². The average Bonchev–Trinajstić information content (AvgIpc) is 2.37. The van der Waals surface area contributed by atoms with Crippen molar-refractivity contribution in [2.75, 3.05) is 7.11 Å². The van der Waals surface area contributed by atoms with E-state index in [4.69, 9.17) is 19.7 Å². The van der Waals surface area contributed by atoms with E-state index in [9.17, 15) is 9.59 Å². The minimum Gasteiger partial charge on any atom is -0.496 e. The molecule has 114 valence electrons. The number of methoxy groups -OCH3 is 1. The molecule has 0 atom stereocenters. The fraction of sp³-hybridized carbons (Fsp3) is 0.333. The van der Waals surface area contributed by atoms with Gasteiger partial charge in [-0.1, -0.05) is 0 Å². The van der Waals surface area contributed by atoms with Crippen LogP contribution in [0, 0.1) is 6.92 Å². The van der Waals surface area contributed by atoms with Gasteiger partial charge in [-0.05, 0) is 44.5 Å². The molecule has 0 radical (unpaired) electrons. The van der Waals surface area contributed by atoms with E-state index >= 15 is 0 Å². The molecule has 0 saturated heterocycles. The highest BCUT2D eigenvalue weighted by atomic mass is 16.5. The molecule has 1 aromatic rings. The predicted octanol–water partition coefficient (Wildman–Crippen LogP) is 2.34. The summed E-state index contributed by atoms with van der Waals surface area (Å²) in [6.07, 6.45) is 2.28. The van der Waals surface area contributed by atoms with Crippen molar-refractivity contribution in [2.24, 2.45) is 0 Å². The molecule has 0 aliphatic carbocycles. The normalized spacial score (nSPS) is 11.4. The number of benzene rings is 1. The second-order valence-electron chi connectivity index (χ2n) is 4.95. The molecule has 21 heavy (non-hydrogen) atoms. The standard InChI is InChI=1S/C15H18O6/c1-9-7-12(21-15(2,3)14(18)19)10(5-6-13(16)17)8-11(9)20-4/h5-8H,1-4H3,(H,16,17)(H,18,19)/b6-5+. The van der Waals surface area contributed by atoms with E-state index in [0.717, 1.165) is 11.6 Å². The van der Waals surface area contributed by atoms with Crippen molar-refractivity contribution >= 4 is 18.0 Å². The van der Waals surface area contributed by atoms with Crippen LogP contribution in [0.1, 0.15) is 25.0 Å². The number of aryl methyl sites for hydroxylation is 1. The van der Waals surface area contributed by atoms with Gasteiger partial charge in [-0.15, -0.1) is 0 Å². The summed E-state index contributed by atoms with van der Waals surface area (Å²) in [5.41, 5.74) is -0.261. The Morgan fingerprint density at radius 1 is 1.19 bits per heavy atom. The van der Waals surface area contributed by atoms with Crippen LogP contribution in [0.2, 0.25) is 0 Å². The minimum absolute atomic E-state index is 0.276. The molecular weight excluding hydrogens is 276 g/mol. The van der Waals surface area contributed by atoms with Crippen molar-refractivity contribution in [2.45, 2.75) is 26.4 Å². The Labute approximate surface area is 122 Å². The quantitative estimate of drug-likeness (QED) is 0.782. The van der Waals surface area contributed by atoms with Gasteiger partial charge in [0.1, 0.15) is 11.5 Å². The van der Waals surface area contributed by atoms with Crippen molar-refractivity contribution < 1.29 is 29.3 Å². The Bertz CT molecular complexity index is 586. The molecular formula is C15H18O6. The fourth-order valence-corrected chi connectivity index (χ4v) is 1.60. The lowest BCUT2D eigenvalue weighted by atomic mass is 10.1. The Kier molecular flexibility index (Phi) is 4.97. The summed E-state index contributed by atoms with van der Waals surface area (Å²) in [4.78, 5) is 21.8. The van der Waals surface area contributed by atoms with E-state index in [1.165, 1.54) is 27.0 Å². The molecule has 0 unspecified atom stereocenters. The number of hydrogen-bond donors (Lipinski definition) is 2. The molecule has 0 amide bonds. The van der Waals surface area contributed by atoms with Gasteiger partial charge in [0.15, 0.2) is 5.60 Å². The molecule has 0 heterocycles. The Morgan fingerprint density at radius 3 is 2.29 bits per heavy atom. The highest BCUT2D eigenvalue weighted by Gasteiger charge is 2.30. The second-order valence-corrected chi connectivity index (χ2v) is 4.95. The molecule has 0 spiro atoms. The van der Waals surface area contributed by atoms with Crippen LogP contribution in [-0.2, 0) is 9.59 Å². The van der Waals surface area contributed by atoms with Gasteiger partial charge in [0, 0.05) is 11.6 Å². The van der Waals surface area contributed by atoms with Gasteiger partial charge in [0.2, 0.25) is 0 Å².